The van der Waals surface area contributed by atoms with Crippen LogP contribution in [0.25, 0.3) is 0 Å². The molecule has 0 saturated heterocycles. The number of ether oxygens (including phenoxy) is 4. The Hall–Kier alpha value is -4.21. The van der Waals surface area contributed by atoms with E-state index in [1.807, 2.05) is 6.07 Å². The van der Waals surface area contributed by atoms with Crippen LogP contribution in [-0.4, -0.2) is 56.5 Å². The number of aliphatic hydroxyl groups excluding tert-OH is 1. The monoisotopic (exact) mass is 600 g/mol. The van der Waals surface area contributed by atoms with Crippen molar-refractivity contribution in [3.05, 3.63) is 63.3 Å². The van der Waals surface area contributed by atoms with E-state index in [-0.39, 0.29) is 18.8 Å². The quantitative estimate of drug-likeness (QED) is 0.0958. The van der Waals surface area contributed by atoms with Gasteiger partial charge in [0.05, 0.1) is 31.5 Å². The number of esters is 1. The Balaban J connectivity index is 1.70. The Labute approximate surface area is 234 Å². The molecule has 0 fully saturated rings. The number of benzene rings is 2. The summed E-state index contributed by atoms with van der Waals surface area (Å²) in [6.07, 6.45) is 5.60. The molecule has 2 aromatic rings. The number of carbonyl (C=O) groups excluding carboxylic acids is 2. The fourth-order valence-electron chi connectivity index (χ4n) is 3.69. The van der Waals surface area contributed by atoms with Crippen molar-refractivity contribution in [2.75, 3.05) is 26.9 Å². The molecular weight excluding hydrogens is 572 g/mol. The fraction of sp³-hybridized carbons (Fsp3) is 0.296. The highest BCUT2D eigenvalue weighted by molar-refractivity contribution is 9.10. The molecule has 11 nitrogen and oxygen atoms in total. The van der Waals surface area contributed by atoms with E-state index in [0.717, 1.165) is 4.47 Å². The third-order valence-electron chi connectivity index (χ3n) is 5.38. The van der Waals surface area contributed by atoms with E-state index in [1.54, 1.807) is 44.2 Å². The topological polar surface area (TPSA) is 140 Å². The maximum absolute atomic E-state index is 12.4. The first-order valence-corrected chi connectivity index (χ1v) is 12.6. The zero-order valence-electron chi connectivity index (χ0n) is 21.6. The van der Waals surface area contributed by atoms with Crippen LogP contribution in [0.1, 0.15) is 31.0 Å². The van der Waals surface area contributed by atoms with Gasteiger partial charge in [0.15, 0.2) is 17.7 Å². The first-order chi connectivity index (χ1) is 18.8. The van der Waals surface area contributed by atoms with E-state index in [4.69, 9.17) is 25.4 Å². The Morgan fingerprint density at radius 1 is 1.23 bits per heavy atom. The lowest BCUT2D eigenvalue weighted by Crippen LogP contribution is -2.45. The number of allylic oxidation sites excluding steroid dienone is 1. The summed E-state index contributed by atoms with van der Waals surface area (Å²) in [5.41, 5.74) is 4.48. The summed E-state index contributed by atoms with van der Waals surface area (Å²) in [6, 6.07) is 9.13. The van der Waals surface area contributed by atoms with Gasteiger partial charge < -0.3 is 34.7 Å². The molecule has 1 aliphatic rings. The molecule has 2 atom stereocenters. The number of nitrogens with zero attached hydrogens (tertiary/aromatic N) is 1. The van der Waals surface area contributed by atoms with Crippen LogP contribution in [0.3, 0.4) is 0 Å². The third kappa shape index (κ3) is 7.89. The third-order valence-corrected chi connectivity index (χ3v) is 5.88. The number of nitrogens with one attached hydrogen (secondary N) is 3. The number of terminal acetylenes is 1. The SMILES string of the molecule is C#CCOc1ccc(Br)cc1/C=N/N[C@H](O)COc1ccc([C@H]2NC(=O)NC(C)=C2C(=O)OC)cc1OCC. The van der Waals surface area contributed by atoms with Crippen LogP contribution in [0.2, 0.25) is 0 Å². The molecule has 4 N–H and O–H groups in total. The summed E-state index contributed by atoms with van der Waals surface area (Å²) in [7, 11) is 1.27. The highest BCUT2D eigenvalue weighted by Crippen LogP contribution is 2.35. The minimum absolute atomic E-state index is 0.108. The number of amides is 2. The lowest BCUT2D eigenvalue weighted by Gasteiger charge is -2.28. The molecule has 12 heteroatoms. The molecule has 0 aromatic heterocycles. The van der Waals surface area contributed by atoms with Crippen molar-refractivity contribution in [3.63, 3.8) is 0 Å². The van der Waals surface area contributed by atoms with Crippen molar-refractivity contribution in [2.24, 2.45) is 5.10 Å². The largest absolute Gasteiger partial charge is 0.490 e. The number of hydrogen-bond donors (Lipinski definition) is 4. The van der Waals surface area contributed by atoms with Gasteiger partial charge in [-0.15, -0.1) is 6.42 Å². The number of hydrazone groups is 1. The molecule has 0 bridgehead atoms. The first-order valence-electron chi connectivity index (χ1n) is 11.9. The van der Waals surface area contributed by atoms with Crippen LogP contribution in [0, 0.1) is 12.3 Å². The number of halogens is 1. The van der Waals surface area contributed by atoms with Crippen molar-refractivity contribution in [1.82, 2.24) is 16.1 Å². The van der Waals surface area contributed by atoms with Gasteiger partial charge in [-0.2, -0.15) is 5.10 Å². The van der Waals surface area contributed by atoms with Gasteiger partial charge in [0.2, 0.25) is 0 Å². The van der Waals surface area contributed by atoms with E-state index in [2.05, 4.69) is 43.0 Å². The first kappa shape index (κ1) is 29.3. The summed E-state index contributed by atoms with van der Waals surface area (Å²) in [4.78, 5) is 24.5. The second-order valence-corrected chi connectivity index (χ2v) is 9.01. The molecule has 0 saturated carbocycles. The smallest absolute Gasteiger partial charge is 0.337 e. The van der Waals surface area contributed by atoms with Crippen LogP contribution < -0.4 is 30.3 Å². The molecule has 0 spiro atoms. The maximum Gasteiger partial charge on any atom is 0.337 e. The number of carbonyl (C=O) groups is 2. The van der Waals surface area contributed by atoms with E-state index in [1.165, 1.54) is 13.3 Å². The van der Waals surface area contributed by atoms with Gasteiger partial charge >= 0.3 is 12.0 Å². The van der Waals surface area contributed by atoms with Gasteiger partial charge in [-0.25, -0.2) is 9.59 Å². The standard InChI is InChI=1S/C27H29BrN4O7/c1-5-11-38-20-10-8-19(28)12-18(20)14-29-32-23(33)15-39-21-9-7-17(13-22(21)37-6-2)25-24(26(34)36-4)16(3)30-27(35)31-25/h1,7-10,12-14,23,25,32-33H,6,11,15H2,2-4H3,(H2,30,31,35)/b29-14+/t23-,25-/m1/s1. The summed E-state index contributed by atoms with van der Waals surface area (Å²) in [5.74, 6) is 3.09. The lowest BCUT2D eigenvalue weighted by molar-refractivity contribution is -0.136. The predicted molar refractivity (Wildman–Crippen MR) is 147 cm³/mol. The highest BCUT2D eigenvalue weighted by atomic mass is 79.9. The molecule has 1 aliphatic heterocycles. The molecule has 0 unspecified atom stereocenters. The van der Waals surface area contributed by atoms with Crippen LogP contribution in [0.15, 0.2) is 57.2 Å². The molecule has 206 valence electrons. The van der Waals surface area contributed by atoms with E-state index in [9.17, 15) is 14.7 Å². The Bertz CT molecular complexity index is 1310. The van der Waals surface area contributed by atoms with Crippen molar-refractivity contribution >= 4 is 34.1 Å². The number of hydrogen-bond acceptors (Lipinski definition) is 9. The Morgan fingerprint density at radius 3 is 2.72 bits per heavy atom. The molecule has 2 aromatic carbocycles. The summed E-state index contributed by atoms with van der Waals surface area (Å²) in [6.45, 7) is 3.71. The minimum atomic E-state index is -1.15. The zero-order chi connectivity index (χ0) is 28.4. The normalized spacial score (nSPS) is 15.6. The number of aliphatic hydroxyl groups is 1. The van der Waals surface area contributed by atoms with Gasteiger partial charge in [-0.3, -0.25) is 5.43 Å². The molecule has 0 radical (unpaired) electrons. The van der Waals surface area contributed by atoms with Crippen LogP contribution >= 0.6 is 15.9 Å². The highest BCUT2D eigenvalue weighted by Gasteiger charge is 2.32. The Morgan fingerprint density at radius 2 is 2.00 bits per heavy atom. The average molecular weight is 601 g/mol. The molecular formula is C27H29BrN4O7. The molecule has 1 heterocycles. The van der Waals surface area contributed by atoms with Crippen molar-refractivity contribution in [2.45, 2.75) is 26.1 Å². The summed E-state index contributed by atoms with van der Waals surface area (Å²) >= 11 is 3.40. The second kappa shape index (κ2) is 14.1. The van der Waals surface area contributed by atoms with Crippen LogP contribution in [0.4, 0.5) is 4.79 Å². The van der Waals surface area contributed by atoms with Crippen molar-refractivity contribution in [3.8, 4) is 29.6 Å². The lowest BCUT2D eigenvalue weighted by atomic mass is 9.95. The molecule has 2 amide bonds. The Kier molecular flexibility index (Phi) is 10.6. The molecule has 39 heavy (non-hydrogen) atoms. The van der Waals surface area contributed by atoms with Crippen LogP contribution in [0.5, 0.6) is 17.2 Å². The molecule has 3 rings (SSSR count). The zero-order valence-corrected chi connectivity index (χ0v) is 23.2. The number of methoxy groups -OCH3 is 1. The summed E-state index contributed by atoms with van der Waals surface area (Å²) in [5, 5.41) is 19.7. The predicted octanol–water partition coefficient (Wildman–Crippen LogP) is 2.98. The van der Waals surface area contributed by atoms with Gasteiger partial charge in [-0.1, -0.05) is 27.9 Å². The number of rotatable bonds is 12. The maximum atomic E-state index is 12.4. The van der Waals surface area contributed by atoms with Gasteiger partial charge in [0, 0.05) is 15.7 Å². The van der Waals surface area contributed by atoms with Crippen molar-refractivity contribution < 1.29 is 33.6 Å². The van der Waals surface area contributed by atoms with E-state index >= 15 is 0 Å². The number of urea groups is 1. The average Bonchev–Trinajstić information content (AvgIpc) is 2.91. The second-order valence-electron chi connectivity index (χ2n) is 8.09. The van der Waals surface area contributed by atoms with Gasteiger partial charge in [-0.05, 0) is 49.7 Å². The van der Waals surface area contributed by atoms with Gasteiger partial charge in [0.1, 0.15) is 19.0 Å². The van der Waals surface area contributed by atoms with Gasteiger partial charge in [0.25, 0.3) is 0 Å². The molecule has 0 aliphatic carbocycles. The van der Waals surface area contributed by atoms with E-state index < -0.39 is 24.3 Å². The minimum Gasteiger partial charge on any atom is -0.490 e. The summed E-state index contributed by atoms with van der Waals surface area (Å²) < 4.78 is 22.7. The van der Waals surface area contributed by atoms with E-state index in [0.29, 0.717) is 40.7 Å². The fourth-order valence-corrected chi connectivity index (χ4v) is 4.06. The van der Waals surface area contributed by atoms with Crippen LogP contribution in [-0.2, 0) is 9.53 Å². The van der Waals surface area contributed by atoms with Crippen molar-refractivity contribution in [1.29, 1.82) is 0 Å².